The lowest BCUT2D eigenvalue weighted by molar-refractivity contribution is -0.126. The van der Waals surface area contributed by atoms with Crippen molar-refractivity contribution < 1.29 is 19.0 Å². The average molecular weight is 385 g/mol. The van der Waals surface area contributed by atoms with Crippen molar-refractivity contribution in [2.45, 2.75) is 52.1 Å². The van der Waals surface area contributed by atoms with Gasteiger partial charge in [-0.2, -0.15) is 0 Å². The van der Waals surface area contributed by atoms with Gasteiger partial charge in [-0.25, -0.2) is 0 Å². The lowest BCUT2D eigenvalue weighted by Crippen LogP contribution is -2.22. The first-order valence-corrected chi connectivity index (χ1v) is 10.1. The molecule has 0 fully saturated rings. The van der Waals surface area contributed by atoms with Crippen LogP contribution >= 0.6 is 0 Å². The van der Waals surface area contributed by atoms with Gasteiger partial charge in [-0.3, -0.25) is 4.79 Å². The second-order valence-corrected chi connectivity index (χ2v) is 6.98. The lowest BCUT2D eigenvalue weighted by Gasteiger charge is -2.12. The summed E-state index contributed by atoms with van der Waals surface area (Å²) in [6.45, 7) is 4.98. The molecule has 4 heteroatoms. The largest absolute Gasteiger partial charge is 0.493 e. The molecule has 0 spiro atoms. The maximum atomic E-state index is 11.4. The Balaban J connectivity index is 1.66. The first kappa shape index (κ1) is 22.0. The summed E-state index contributed by atoms with van der Waals surface area (Å²) in [7, 11) is 1.56. The Morgan fingerprint density at radius 3 is 1.86 bits per heavy atom. The number of hydrogen-bond acceptors (Lipinski definition) is 4. The molecule has 0 aliphatic rings. The highest BCUT2D eigenvalue weighted by molar-refractivity contribution is 5.80. The quantitative estimate of drug-likeness (QED) is 0.455. The van der Waals surface area contributed by atoms with Crippen LogP contribution in [-0.4, -0.2) is 32.2 Å². The zero-order chi connectivity index (χ0) is 20.2. The number of carbonyl (C=O) groups excluding carboxylic acids is 1. The van der Waals surface area contributed by atoms with Crippen molar-refractivity contribution in [1.29, 1.82) is 0 Å². The van der Waals surface area contributed by atoms with Crippen molar-refractivity contribution in [1.82, 2.24) is 0 Å². The highest BCUT2D eigenvalue weighted by atomic mass is 16.5. The standard InChI is InChI=1S/C24H32O4/c1-4-5-7-20-8-12-22(13-9-20)27-16-6-17-28-23-14-10-21(11-15-23)18-24(26-3)19(2)25/h8-15,24H,4-7,16-18H2,1-3H3/t24-/m0/s1. The summed E-state index contributed by atoms with van der Waals surface area (Å²) in [6.07, 6.45) is 4.58. The van der Waals surface area contributed by atoms with E-state index in [9.17, 15) is 4.79 Å². The summed E-state index contributed by atoms with van der Waals surface area (Å²) in [4.78, 5) is 11.4. The van der Waals surface area contributed by atoms with E-state index in [1.165, 1.54) is 18.4 Å². The summed E-state index contributed by atoms with van der Waals surface area (Å²) in [6, 6.07) is 16.2. The molecule has 0 radical (unpaired) electrons. The molecule has 0 aromatic heterocycles. The van der Waals surface area contributed by atoms with E-state index in [0.29, 0.717) is 19.6 Å². The van der Waals surface area contributed by atoms with E-state index in [1.54, 1.807) is 14.0 Å². The first-order valence-electron chi connectivity index (χ1n) is 10.1. The van der Waals surface area contributed by atoms with Gasteiger partial charge in [0.25, 0.3) is 0 Å². The Hall–Kier alpha value is -2.33. The molecule has 0 saturated carbocycles. The van der Waals surface area contributed by atoms with Gasteiger partial charge in [0.2, 0.25) is 0 Å². The SMILES string of the molecule is CCCCc1ccc(OCCCOc2ccc(C[C@H](OC)C(C)=O)cc2)cc1. The zero-order valence-corrected chi connectivity index (χ0v) is 17.3. The maximum Gasteiger partial charge on any atom is 0.158 e. The molecule has 152 valence electrons. The van der Waals surface area contributed by atoms with Gasteiger partial charge in [0.15, 0.2) is 5.78 Å². The highest BCUT2D eigenvalue weighted by Crippen LogP contribution is 2.16. The predicted molar refractivity (Wildman–Crippen MR) is 112 cm³/mol. The topological polar surface area (TPSA) is 44.8 Å². The number of benzene rings is 2. The van der Waals surface area contributed by atoms with E-state index in [2.05, 4.69) is 19.1 Å². The second-order valence-electron chi connectivity index (χ2n) is 6.98. The van der Waals surface area contributed by atoms with E-state index >= 15 is 0 Å². The van der Waals surface area contributed by atoms with E-state index in [-0.39, 0.29) is 11.9 Å². The Bertz CT molecular complexity index is 692. The van der Waals surface area contributed by atoms with Gasteiger partial charge in [-0.05, 0) is 55.2 Å². The van der Waals surface area contributed by atoms with Gasteiger partial charge >= 0.3 is 0 Å². The third-order valence-corrected chi connectivity index (χ3v) is 4.65. The number of ketones is 1. The lowest BCUT2D eigenvalue weighted by atomic mass is 10.1. The molecule has 0 heterocycles. The minimum absolute atomic E-state index is 0.0402. The molecule has 0 bridgehead atoms. The fraction of sp³-hybridized carbons (Fsp3) is 0.458. The van der Waals surface area contributed by atoms with Crippen LogP contribution in [0.4, 0.5) is 0 Å². The van der Waals surface area contributed by atoms with Crippen molar-refractivity contribution >= 4 is 5.78 Å². The van der Waals surface area contributed by atoms with E-state index in [0.717, 1.165) is 29.9 Å². The third kappa shape index (κ3) is 7.73. The summed E-state index contributed by atoms with van der Waals surface area (Å²) >= 11 is 0. The molecule has 0 N–H and O–H groups in total. The molecular weight excluding hydrogens is 352 g/mol. The number of aryl methyl sites for hydroxylation is 1. The Morgan fingerprint density at radius 2 is 1.39 bits per heavy atom. The highest BCUT2D eigenvalue weighted by Gasteiger charge is 2.13. The normalized spacial score (nSPS) is 11.8. The molecular formula is C24H32O4. The first-order chi connectivity index (χ1) is 13.6. The second kappa shape index (κ2) is 12.2. The molecule has 0 unspecified atom stereocenters. The van der Waals surface area contributed by atoms with Crippen LogP contribution in [0, 0.1) is 0 Å². The minimum atomic E-state index is -0.385. The number of hydrogen-bond donors (Lipinski definition) is 0. The van der Waals surface area contributed by atoms with Crippen LogP contribution in [0.5, 0.6) is 11.5 Å². The van der Waals surface area contributed by atoms with Gasteiger partial charge in [-0.1, -0.05) is 37.6 Å². The van der Waals surface area contributed by atoms with Crippen LogP contribution in [0.15, 0.2) is 48.5 Å². The average Bonchev–Trinajstić information content (AvgIpc) is 2.72. The van der Waals surface area contributed by atoms with E-state index in [1.807, 2.05) is 36.4 Å². The number of rotatable bonds is 13. The number of methoxy groups -OCH3 is 1. The third-order valence-electron chi connectivity index (χ3n) is 4.65. The summed E-state index contributed by atoms with van der Waals surface area (Å²) in [5.41, 5.74) is 2.42. The summed E-state index contributed by atoms with van der Waals surface area (Å²) in [5, 5.41) is 0. The zero-order valence-electron chi connectivity index (χ0n) is 17.3. The van der Waals surface area contributed by atoms with Gasteiger partial charge in [-0.15, -0.1) is 0 Å². The van der Waals surface area contributed by atoms with Crippen molar-refractivity contribution in [3.63, 3.8) is 0 Å². The molecule has 2 aromatic carbocycles. The van der Waals surface area contributed by atoms with Crippen molar-refractivity contribution in [2.24, 2.45) is 0 Å². The predicted octanol–water partition coefficient (Wildman–Crippen LogP) is 5.02. The Morgan fingerprint density at radius 1 is 0.857 bits per heavy atom. The van der Waals surface area contributed by atoms with Gasteiger partial charge in [0.1, 0.15) is 17.6 Å². The fourth-order valence-electron chi connectivity index (χ4n) is 2.90. The molecule has 1 atom stereocenters. The van der Waals surface area contributed by atoms with Crippen LogP contribution < -0.4 is 9.47 Å². The van der Waals surface area contributed by atoms with Crippen LogP contribution in [0.1, 0.15) is 44.2 Å². The number of carbonyl (C=O) groups is 1. The molecule has 2 rings (SSSR count). The van der Waals surface area contributed by atoms with E-state index < -0.39 is 0 Å². The molecule has 0 amide bonds. The van der Waals surface area contributed by atoms with Gasteiger partial charge in [0.05, 0.1) is 13.2 Å². The van der Waals surface area contributed by atoms with Crippen LogP contribution in [0.25, 0.3) is 0 Å². The van der Waals surface area contributed by atoms with Crippen LogP contribution in [0.3, 0.4) is 0 Å². The number of ether oxygens (including phenoxy) is 3. The maximum absolute atomic E-state index is 11.4. The number of unbranched alkanes of at least 4 members (excludes halogenated alkanes) is 1. The molecule has 0 aliphatic carbocycles. The molecule has 0 aliphatic heterocycles. The van der Waals surface area contributed by atoms with Crippen molar-refractivity contribution in [3.05, 3.63) is 59.7 Å². The Kier molecular flexibility index (Phi) is 9.56. The van der Waals surface area contributed by atoms with Gasteiger partial charge in [0, 0.05) is 20.0 Å². The fourth-order valence-corrected chi connectivity index (χ4v) is 2.90. The smallest absolute Gasteiger partial charge is 0.158 e. The van der Waals surface area contributed by atoms with Crippen LogP contribution in [0.2, 0.25) is 0 Å². The summed E-state index contributed by atoms with van der Waals surface area (Å²) in [5.74, 6) is 1.77. The van der Waals surface area contributed by atoms with E-state index in [4.69, 9.17) is 14.2 Å². The summed E-state index contributed by atoms with van der Waals surface area (Å²) < 4.78 is 16.7. The monoisotopic (exact) mass is 384 g/mol. The van der Waals surface area contributed by atoms with Crippen molar-refractivity contribution in [3.8, 4) is 11.5 Å². The minimum Gasteiger partial charge on any atom is -0.493 e. The number of Topliss-reactive ketones (excluding diaryl/α,β-unsaturated/α-hetero) is 1. The molecule has 28 heavy (non-hydrogen) atoms. The molecule has 2 aromatic rings. The Labute approximate surface area is 168 Å². The van der Waals surface area contributed by atoms with Gasteiger partial charge < -0.3 is 14.2 Å². The van der Waals surface area contributed by atoms with Crippen LogP contribution in [-0.2, 0) is 22.4 Å². The molecule has 4 nitrogen and oxygen atoms in total. The van der Waals surface area contributed by atoms with Crippen molar-refractivity contribution in [2.75, 3.05) is 20.3 Å². The molecule has 0 saturated heterocycles.